The van der Waals surface area contributed by atoms with E-state index in [1.165, 1.54) is 27.5 Å². The number of nitrogens with one attached hydrogen (secondary N) is 7. The van der Waals surface area contributed by atoms with Crippen LogP contribution in [-0.4, -0.2) is 169 Å². The lowest BCUT2D eigenvalue weighted by Crippen LogP contribution is -2.63. The van der Waals surface area contributed by atoms with Crippen LogP contribution in [-0.2, 0) is 71.3 Å². The average molecular weight is 1590 g/mol. The standard InChI is InChI=1S/C85H117N13O17/c1-82(2,3)113-78(106)88-39-23-17-11-14-20-26-71(100)91-56-30-34-60-64(50-56)85(38-37-70(99)87-42-44-110-46-47-111-45-43-97-68(76(104)98-54-59(94-95-86)53-69(98)75(97)103)49-55-29-33-63-67(48-55)96(10)81(109)112-77(63)105)65-51-57(92-72(101)27-21-15-12-18-24-40-89-79(107)114-83(4,5)6)31-35-61(65)74(60)62-36-32-58(52-66(62)85)93-73(102)28-22-16-13-19-25-41-90-80(108)115-84(7,8)9/h29-36,48,50-52,59,68-69,74H,11-28,37-47,49,53-54H2,1-10H3,(H,87,99)(H,88,106)(H,89,107)(H,90,108)(H,91,100)(H,92,101)(H,93,102)/t59?,68?,69-,74?,85?/m0/s1. The van der Waals surface area contributed by atoms with Gasteiger partial charge in [0.1, 0.15) is 28.9 Å². The molecule has 1 aromatic heterocycles. The molecule has 9 amide bonds. The van der Waals surface area contributed by atoms with E-state index in [0.29, 0.717) is 67.0 Å². The summed E-state index contributed by atoms with van der Waals surface area (Å²) in [6.07, 6.45) is 11.8. The Labute approximate surface area is 672 Å². The van der Waals surface area contributed by atoms with Crippen molar-refractivity contribution in [3.05, 3.63) is 143 Å². The quantitative estimate of drug-likeness (QED) is 0.00627. The Balaban J connectivity index is 0.881. The minimum Gasteiger partial charge on any atom is -0.444 e. The Morgan fingerprint density at radius 2 is 0.965 bits per heavy atom. The van der Waals surface area contributed by atoms with Crippen LogP contribution in [0.15, 0.2) is 91.9 Å². The first-order valence-electron chi connectivity index (χ1n) is 40.7. The van der Waals surface area contributed by atoms with Gasteiger partial charge in [0.2, 0.25) is 35.4 Å². The molecule has 115 heavy (non-hydrogen) atoms. The second-order valence-electron chi connectivity index (χ2n) is 33.2. The van der Waals surface area contributed by atoms with E-state index < -0.39 is 70.0 Å². The molecule has 2 saturated heterocycles. The van der Waals surface area contributed by atoms with E-state index in [0.717, 1.165) is 110 Å². The molecule has 0 spiro atoms. The van der Waals surface area contributed by atoms with Crippen LogP contribution < -0.4 is 48.6 Å². The summed E-state index contributed by atoms with van der Waals surface area (Å²) in [4.78, 5) is 152. The van der Waals surface area contributed by atoms with Crippen LogP contribution in [0.1, 0.15) is 242 Å². The van der Waals surface area contributed by atoms with Crippen molar-refractivity contribution < 1.29 is 71.3 Å². The summed E-state index contributed by atoms with van der Waals surface area (Å²) in [5.41, 5.74) is 13.7. The molecule has 2 aliphatic heterocycles. The third-order valence-corrected chi connectivity index (χ3v) is 20.7. The number of hydrogen-bond donors (Lipinski definition) is 7. The van der Waals surface area contributed by atoms with Crippen LogP contribution in [0, 0.1) is 0 Å². The lowest BCUT2D eigenvalue weighted by atomic mass is 9.51. The van der Waals surface area contributed by atoms with Crippen molar-refractivity contribution in [2.75, 3.05) is 81.6 Å². The van der Waals surface area contributed by atoms with Crippen molar-refractivity contribution in [2.45, 2.75) is 250 Å². The number of benzene rings is 4. The predicted octanol–water partition coefficient (Wildman–Crippen LogP) is 12.7. The molecular weight excluding hydrogens is 1480 g/mol. The predicted molar refractivity (Wildman–Crippen MR) is 436 cm³/mol. The number of fused-ring (bicyclic) bond motifs is 2. The summed E-state index contributed by atoms with van der Waals surface area (Å²) < 4.78 is 34.0. The van der Waals surface area contributed by atoms with Crippen molar-refractivity contribution in [2.24, 2.45) is 12.2 Å². The third kappa shape index (κ3) is 25.6. The summed E-state index contributed by atoms with van der Waals surface area (Å²) in [6, 6.07) is 20.3. The minimum atomic E-state index is -1.09. The molecule has 3 atom stereocenters. The molecule has 5 aliphatic rings. The molecule has 10 rings (SSSR count). The SMILES string of the molecule is Cn1c(=O)oc(=O)c2ccc(CC3C(=O)N4CC(N=[N+]=[N-])C[C@H]4C(=O)N3CCOCCOCCNC(=O)CCC34c5cc(NC(=O)CCCCCCCNC(=O)OC(C)(C)C)ccc5C(c5ccc(NC(=O)CCCCCCCNC(=O)OC(C)(C)C)cc53)c3ccc(NC(=O)CCCCCCCNC(=O)OC(C)(C)C)cc34)cc21. The Morgan fingerprint density at radius 3 is 1.42 bits per heavy atom. The molecule has 0 saturated carbocycles. The van der Waals surface area contributed by atoms with Crippen LogP contribution in [0.2, 0.25) is 0 Å². The van der Waals surface area contributed by atoms with Gasteiger partial charge in [0.15, 0.2) is 0 Å². The second-order valence-corrected chi connectivity index (χ2v) is 33.2. The highest BCUT2D eigenvalue weighted by atomic mass is 16.6. The summed E-state index contributed by atoms with van der Waals surface area (Å²) in [5, 5.41) is 25.0. The number of hydrogen-bond acceptors (Lipinski definition) is 18. The number of alkyl carbamates (subject to hydrolysis) is 3. The number of ether oxygens (including phenoxy) is 5. The highest BCUT2D eigenvalue weighted by Crippen LogP contribution is 2.62. The normalized spacial score (nSPS) is 17.3. The molecule has 4 aromatic carbocycles. The second kappa shape index (κ2) is 41.3. The number of nitrogens with zero attached hydrogens (tertiary/aromatic N) is 6. The third-order valence-electron chi connectivity index (χ3n) is 20.7. The average Bonchev–Trinajstić information content (AvgIpc) is 0.950. The summed E-state index contributed by atoms with van der Waals surface area (Å²) in [6.45, 7) is 18.4. The van der Waals surface area contributed by atoms with Gasteiger partial charge in [-0.1, -0.05) is 87.2 Å². The lowest BCUT2D eigenvalue weighted by Gasteiger charge is -2.51. The molecule has 5 aromatic rings. The van der Waals surface area contributed by atoms with Gasteiger partial charge in [-0.25, -0.2) is 24.0 Å². The number of azide groups is 1. The zero-order valence-electron chi connectivity index (χ0n) is 68.5. The first-order chi connectivity index (χ1) is 54.8. The number of rotatable bonds is 42. The molecule has 2 bridgehead atoms. The molecule has 0 radical (unpaired) electrons. The zero-order chi connectivity index (χ0) is 83.0. The van der Waals surface area contributed by atoms with Crippen molar-refractivity contribution in [3.63, 3.8) is 0 Å². The van der Waals surface area contributed by atoms with Gasteiger partial charge < -0.3 is 75.1 Å². The van der Waals surface area contributed by atoms with Crippen LogP contribution in [0.25, 0.3) is 21.3 Å². The van der Waals surface area contributed by atoms with Gasteiger partial charge in [0.25, 0.3) is 0 Å². The number of unbranched alkanes of at least 4 members (excludes halogenated alkanes) is 12. The Hall–Kier alpha value is -10.3. The van der Waals surface area contributed by atoms with Gasteiger partial charge in [0.05, 0.1) is 43.4 Å². The first-order valence-corrected chi connectivity index (χ1v) is 40.7. The number of carbonyl (C=O) groups is 9. The maximum Gasteiger partial charge on any atom is 0.422 e. The summed E-state index contributed by atoms with van der Waals surface area (Å²) in [5.74, 6) is -2.59. The molecule has 624 valence electrons. The van der Waals surface area contributed by atoms with Crippen molar-refractivity contribution in [3.8, 4) is 0 Å². The zero-order valence-corrected chi connectivity index (χ0v) is 68.5. The van der Waals surface area contributed by atoms with Crippen molar-refractivity contribution in [1.29, 1.82) is 0 Å². The van der Waals surface area contributed by atoms with E-state index in [1.807, 2.05) is 117 Å². The number of carbonyl (C=O) groups excluding carboxylic acids is 9. The van der Waals surface area contributed by atoms with E-state index in [1.54, 1.807) is 12.1 Å². The fraction of sp³-hybridized carbons (Fsp3) is 0.588. The van der Waals surface area contributed by atoms with Crippen molar-refractivity contribution >= 4 is 81.7 Å². The molecule has 30 nitrogen and oxygen atoms in total. The molecule has 2 fully saturated rings. The van der Waals surface area contributed by atoms with Gasteiger partial charge in [-0.15, -0.1) is 0 Å². The maximum absolute atomic E-state index is 14.5. The summed E-state index contributed by atoms with van der Waals surface area (Å²) >= 11 is 0. The van der Waals surface area contributed by atoms with E-state index in [-0.39, 0.29) is 138 Å². The highest BCUT2D eigenvalue weighted by Gasteiger charge is 2.53. The van der Waals surface area contributed by atoms with Gasteiger partial charge >= 0.3 is 29.7 Å². The van der Waals surface area contributed by atoms with Crippen molar-refractivity contribution in [1.82, 2.24) is 35.6 Å². The highest BCUT2D eigenvalue weighted by molar-refractivity contribution is 5.98. The topological polar surface area (TPSA) is 391 Å². The van der Waals surface area contributed by atoms with Gasteiger partial charge in [-0.3, -0.25) is 33.3 Å². The monoisotopic (exact) mass is 1590 g/mol. The van der Waals surface area contributed by atoms with E-state index in [4.69, 9.17) is 28.1 Å². The van der Waals surface area contributed by atoms with Gasteiger partial charge in [0, 0.05) is 112 Å². The Bertz CT molecular complexity index is 4190. The van der Waals surface area contributed by atoms with Gasteiger partial charge in [-0.2, -0.15) is 0 Å². The fourth-order valence-corrected chi connectivity index (χ4v) is 15.5. The Kier molecular flexibility index (Phi) is 31.8. The minimum absolute atomic E-state index is 0.00239. The molecule has 3 aliphatic carbocycles. The number of anilines is 3. The van der Waals surface area contributed by atoms with E-state index in [9.17, 15) is 58.3 Å². The van der Waals surface area contributed by atoms with Crippen LogP contribution in [0.3, 0.4) is 0 Å². The smallest absolute Gasteiger partial charge is 0.422 e. The lowest BCUT2D eigenvalue weighted by molar-refractivity contribution is -0.160. The number of piperazine rings is 1. The van der Waals surface area contributed by atoms with E-state index >= 15 is 0 Å². The van der Waals surface area contributed by atoms with Crippen LogP contribution in [0.4, 0.5) is 31.4 Å². The Morgan fingerprint density at radius 1 is 0.522 bits per heavy atom. The van der Waals surface area contributed by atoms with Crippen LogP contribution in [0.5, 0.6) is 0 Å². The maximum atomic E-state index is 14.5. The number of aryl methyl sites for hydroxylation is 1. The molecule has 30 heteroatoms. The number of amides is 9. The molecule has 7 N–H and O–H groups in total. The largest absolute Gasteiger partial charge is 0.444 e. The van der Waals surface area contributed by atoms with Gasteiger partial charge in [-0.05, 0) is 207 Å². The first kappa shape index (κ1) is 88.6. The molecule has 2 unspecified atom stereocenters. The summed E-state index contributed by atoms with van der Waals surface area (Å²) in [7, 11) is 1.46. The van der Waals surface area contributed by atoms with Crippen LogP contribution >= 0.6 is 0 Å². The fourth-order valence-electron chi connectivity index (χ4n) is 15.5. The molecule has 3 heterocycles. The number of aromatic nitrogens is 1. The molecular formula is C85H117N13O17. The van der Waals surface area contributed by atoms with E-state index in [2.05, 4.69) is 47.2 Å².